The topological polar surface area (TPSA) is 104 Å². The lowest BCUT2D eigenvalue weighted by Crippen LogP contribution is -2.55. The average molecular weight is 387 g/mol. The number of aliphatic hydroxyl groups excluding tert-OH is 2. The molecule has 3 fully saturated rings. The van der Waals surface area contributed by atoms with Crippen LogP contribution in [0.15, 0.2) is 11.6 Å². The van der Waals surface area contributed by atoms with Crippen LogP contribution in [0.25, 0.3) is 0 Å². The summed E-state index contributed by atoms with van der Waals surface area (Å²) in [5.41, 5.74) is 0.890. The Labute approximate surface area is 155 Å². The summed E-state index contributed by atoms with van der Waals surface area (Å²) in [4.78, 5) is 0. The van der Waals surface area contributed by atoms with Crippen molar-refractivity contribution in [1.29, 1.82) is 0 Å². The summed E-state index contributed by atoms with van der Waals surface area (Å²) in [6, 6.07) is 0. The first-order valence-electron chi connectivity index (χ1n) is 9.77. The molecule has 4 aliphatic carbocycles. The SMILES string of the molecule is C[C@]12CC[C@H]3[C@@H]([C@@H](O)C=C4C[C@@H](OS(=O)(=O)O)CC[C@@]43C)[C@@H]1CC[C@@H]2O. The maximum atomic E-state index is 11.1. The van der Waals surface area contributed by atoms with Crippen LogP contribution >= 0.6 is 0 Å². The van der Waals surface area contributed by atoms with E-state index in [1.165, 1.54) is 0 Å². The van der Waals surface area contributed by atoms with E-state index in [9.17, 15) is 18.6 Å². The van der Waals surface area contributed by atoms with Gasteiger partial charge in [-0.05, 0) is 73.5 Å². The van der Waals surface area contributed by atoms with Crippen LogP contribution in [0.2, 0.25) is 0 Å². The fourth-order valence-electron chi connectivity index (χ4n) is 6.84. The summed E-state index contributed by atoms with van der Waals surface area (Å²) in [5.74, 6) is 0.818. The van der Waals surface area contributed by atoms with E-state index >= 15 is 0 Å². The van der Waals surface area contributed by atoms with Gasteiger partial charge in [-0.15, -0.1) is 0 Å². The summed E-state index contributed by atoms with van der Waals surface area (Å²) in [6.07, 6.45) is 6.03. The van der Waals surface area contributed by atoms with E-state index in [0.29, 0.717) is 24.7 Å². The van der Waals surface area contributed by atoms with E-state index in [4.69, 9.17) is 8.74 Å². The van der Waals surface area contributed by atoms with Gasteiger partial charge in [0.15, 0.2) is 0 Å². The molecule has 0 aliphatic heterocycles. The minimum absolute atomic E-state index is 0.0716. The second-order valence-corrected chi connectivity index (χ2v) is 10.5. The standard InChI is InChI=1S/C19H30O6S/c1-18-7-5-12(25-26(22,23)24)9-11(18)10-15(20)17-13-3-4-16(21)19(13,2)8-6-14(17)18/h10,12-17,20-21H,3-9H2,1-2H3,(H,22,23,24)/t12-,13-,14-,15-,16-,17-,18-,19-/m0/s1. The molecular weight excluding hydrogens is 356 g/mol. The zero-order chi connectivity index (χ0) is 18.9. The maximum Gasteiger partial charge on any atom is 0.397 e. The Morgan fingerprint density at radius 3 is 2.50 bits per heavy atom. The highest BCUT2D eigenvalue weighted by atomic mass is 32.3. The molecule has 0 amide bonds. The average Bonchev–Trinajstić information content (AvgIpc) is 2.83. The van der Waals surface area contributed by atoms with Crippen molar-refractivity contribution in [1.82, 2.24) is 0 Å². The van der Waals surface area contributed by atoms with Crippen LogP contribution in [-0.2, 0) is 14.6 Å². The molecule has 0 bridgehead atoms. The first-order chi connectivity index (χ1) is 12.0. The Balaban J connectivity index is 1.64. The summed E-state index contributed by atoms with van der Waals surface area (Å²) in [6.45, 7) is 4.41. The van der Waals surface area contributed by atoms with E-state index in [0.717, 1.165) is 37.7 Å². The van der Waals surface area contributed by atoms with Crippen molar-refractivity contribution in [3.8, 4) is 0 Å². The fraction of sp³-hybridized carbons (Fsp3) is 0.895. The molecule has 26 heavy (non-hydrogen) atoms. The summed E-state index contributed by atoms with van der Waals surface area (Å²) in [7, 11) is -4.46. The van der Waals surface area contributed by atoms with Crippen LogP contribution in [0.3, 0.4) is 0 Å². The molecule has 0 unspecified atom stereocenters. The van der Waals surface area contributed by atoms with E-state index < -0.39 is 22.6 Å². The van der Waals surface area contributed by atoms with Crippen LogP contribution in [0.5, 0.6) is 0 Å². The van der Waals surface area contributed by atoms with E-state index in [2.05, 4.69) is 13.8 Å². The van der Waals surface area contributed by atoms with Crippen molar-refractivity contribution >= 4 is 10.4 Å². The van der Waals surface area contributed by atoms with Crippen LogP contribution in [0.1, 0.15) is 58.8 Å². The smallest absolute Gasteiger partial charge is 0.393 e. The van der Waals surface area contributed by atoms with Gasteiger partial charge in [0.25, 0.3) is 0 Å². The molecule has 0 aromatic carbocycles. The minimum Gasteiger partial charge on any atom is -0.393 e. The normalized spacial score (nSPS) is 51.2. The largest absolute Gasteiger partial charge is 0.397 e. The highest BCUT2D eigenvalue weighted by Gasteiger charge is 2.60. The summed E-state index contributed by atoms with van der Waals surface area (Å²) in [5, 5.41) is 21.5. The Hall–Kier alpha value is -0.470. The molecule has 6 nitrogen and oxygen atoms in total. The van der Waals surface area contributed by atoms with Crippen molar-refractivity contribution in [2.24, 2.45) is 28.6 Å². The Bertz CT molecular complexity index is 718. The molecule has 0 saturated heterocycles. The molecule has 4 rings (SSSR count). The van der Waals surface area contributed by atoms with E-state index in [1.807, 2.05) is 6.08 Å². The minimum atomic E-state index is -4.46. The Morgan fingerprint density at radius 2 is 1.81 bits per heavy atom. The molecule has 4 aliphatic rings. The van der Waals surface area contributed by atoms with Gasteiger partial charge in [-0.1, -0.05) is 25.5 Å². The van der Waals surface area contributed by atoms with Crippen LogP contribution in [0.4, 0.5) is 0 Å². The Kier molecular flexibility index (Phi) is 4.36. The van der Waals surface area contributed by atoms with E-state index in [1.54, 1.807) is 0 Å². The fourth-order valence-corrected chi connectivity index (χ4v) is 7.35. The molecule has 0 spiro atoms. The first-order valence-corrected chi connectivity index (χ1v) is 11.1. The second-order valence-electron chi connectivity index (χ2n) is 9.42. The highest BCUT2D eigenvalue weighted by molar-refractivity contribution is 7.80. The third-order valence-electron chi connectivity index (χ3n) is 8.29. The van der Waals surface area contributed by atoms with Crippen LogP contribution in [-0.4, -0.2) is 41.5 Å². The van der Waals surface area contributed by atoms with Gasteiger partial charge in [0.2, 0.25) is 0 Å². The molecule has 3 saturated carbocycles. The van der Waals surface area contributed by atoms with Crippen molar-refractivity contribution in [2.75, 3.05) is 0 Å². The summed E-state index contributed by atoms with van der Waals surface area (Å²) < 4.78 is 35.9. The number of fused-ring (bicyclic) bond motifs is 5. The maximum absolute atomic E-state index is 11.1. The lowest BCUT2D eigenvalue weighted by Gasteiger charge is -2.58. The van der Waals surface area contributed by atoms with Crippen molar-refractivity contribution < 1.29 is 27.4 Å². The van der Waals surface area contributed by atoms with Crippen LogP contribution in [0, 0.1) is 28.6 Å². The van der Waals surface area contributed by atoms with Crippen molar-refractivity contribution in [2.45, 2.75) is 77.1 Å². The van der Waals surface area contributed by atoms with E-state index in [-0.39, 0.29) is 22.9 Å². The first kappa shape index (κ1) is 18.9. The van der Waals surface area contributed by atoms with Gasteiger partial charge in [0.05, 0.1) is 18.3 Å². The lowest BCUT2D eigenvalue weighted by atomic mass is 9.47. The van der Waals surface area contributed by atoms with Crippen molar-refractivity contribution in [3.05, 3.63) is 11.6 Å². The third kappa shape index (κ3) is 2.78. The van der Waals surface area contributed by atoms with Gasteiger partial charge in [0, 0.05) is 0 Å². The van der Waals surface area contributed by atoms with Gasteiger partial charge < -0.3 is 10.2 Å². The second kappa shape index (κ2) is 6.01. The molecule has 148 valence electrons. The van der Waals surface area contributed by atoms with Crippen LogP contribution < -0.4 is 0 Å². The molecular formula is C19H30O6S. The molecule has 7 heteroatoms. The summed E-state index contributed by atoms with van der Waals surface area (Å²) >= 11 is 0. The molecule has 0 heterocycles. The number of hydrogen-bond donors (Lipinski definition) is 3. The number of hydrogen-bond acceptors (Lipinski definition) is 5. The predicted octanol–water partition coefficient (Wildman–Crippen LogP) is 2.47. The van der Waals surface area contributed by atoms with Gasteiger partial charge >= 0.3 is 10.4 Å². The lowest BCUT2D eigenvalue weighted by molar-refractivity contribution is -0.105. The zero-order valence-electron chi connectivity index (χ0n) is 15.5. The van der Waals surface area contributed by atoms with Gasteiger partial charge in [-0.3, -0.25) is 4.55 Å². The third-order valence-corrected chi connectivity index (χ3v) is 8.81. The highest BCUT2D eigenvalue weighted by Crippen LogP contribution is 2.64. The monoisotopic (exact) mass is 386 g/mol. The number of aliphatic hydroxyl groups is 2. The molecule has 0 radical (unpaired) electrons. The molecule has 8 atom stereocenters. The molecule has 3 N–H and O–H groups in total. The quantitative estimate of drug-likeness (QED) is 0.497. The Morgan fingerprint density at radius 1 is 1.08 bits per heavy atom. The van der Waals surface area contributed by atoms with Gasteiger partial charge in [0.1, 0.15) is 0 Å². The molecule has 0 aromatic heterocycles. The number of rotatable bonds is 2. The van der Waals surface area contributed by atoms with Gasteiger partial charge in [-0.25, -0.2) is 4.18 Å². The zero-order valence-corrected chi connectivity index (χ0v) is 16.3. The predicted molar refractivity (Wildman–Crippen MR) is 95.5 cm³/mol. The van der Waals surface area contributed by atoms with Crippen molar-refractivity contribution in [3.63, 3.8) is 0 Å². The molecule has 0 aromatic rings. The van der Waals surface area contributed by atoms with Gasteiger partial charge in [-0.2, -0.15) is 8.42 Å².